The van der Waals surface area contributed by atoms with Crippen LogP contribution in [0, 0.1) is 0 Å². The maximum atomic E-state index is 10.8. The van der Waals surface area contributed by atoms with Gasteiger partial charge >= 0.3 is 0 Å². The van der Waals surface area contributed by atoms with Crippen LogP contribution < -0.4 is 5.73 Å². The van der Waals surface area contributed by atoms with Crippen molar-refractivity contribution in [1.82, 2.24) is 0 Å². The first-order valence-corrected chi connectivity index (χ1v) is 6.91. The van der Waals surface area contributed by atoms with Crippen molar-refractivity contribution < 1.29 is 13.2 Å². The summed E-state index contributed by atoms with van der Waals surface area (Å²) in [6, 6.07) is 0. The molecule has 86 valence electrons. The minimum absolute atomic E-state index is 0.178. The minimum Gasteiger partial charge on any atom is -0.374 e. The quantitative estimate of drug-likeness (QED) is 0.640. The van der Waals surface area contributed by atoms with Crippen LogP contribution in [0.3, 0.4) is 0 Å². The standard InChI is InChI=1S/C9H21NO3S/c1-4-9(2,8-10)13-6-5-7-14(3,11)12/h4-8,10H2,1-3H3. The molecule has 0 rings (SSSR count). The maximum Gasteiger partial charge on any atom is 0.147 e. The normalized spacial score (nSPS) is 16.6. The SMILES string of the molecule is CCC(C)(CN)OCCCS(C)(=O)=O. The summed E-state index contributed by atoms with van der Waals surface area (Å²) in [5.41, 5.74) is 5.23. The van der Waals surface area contributed by atoms with Gasteiger partial charge < -0.3 is 10.5 Å². The molecule has 0 aliphatic rings. The monoisotopic (exact) mass is 223 g/mol. The van der Waals surface area contributed by atoms with E-state index in [4.69, 9.17) is 10.5 Å². The van der Waals surface area contributed by atoms with Crippen molar-refractivity contribution in [1.29, 1.82) is 0 Å². The van der Waals surface area contributed by atoms with Crippen LogP contribution in [0.4, 0.5) is 0 Å². The van der Waals surface area contributed by atoms with Crippen molar-refractivity contribution in [3.63, 3.8) is 0 Å². The Balaban J connectivity index is 3.74. The lowest BCUT2D eigenvalue weighted by atomic mass is 10.0. The van der Waals surface area contributed by atoms with E-state index in [-0.39, 0.29) is 11.4 Å². The van der Waals surface area contributed by atoms with E-state index >= 15 is 0 Å². The number of hydrogen-bond acceptors (Lipinski definition) is 4. The topological polar surface area (TPSA) is 69.4 Å². The molecule has 0 bridgehead atoms. The van der Waals surface area contributed by atoms with Crippen LogP contribution in [0.15, 0.2) is 0 Å². The van der Waals surface area contributed by atoms with Crippen molar-refractivity contribution in [2.24, 2.45) is 5.73 Å². The van der Waals surface area contributed by atoms with Crippen molar-refractivity contribution in [3.05, 3.63) is 0 Å². The zero-order valence-electron chi connectivity index (χ0n) is 9.25. The molecule has 0 heterocycles. The molecule has 0 radical (unpaired) electrons. The second kappa shape index (κ2) is 5.68. The minimum atomic E-state index is -2.87. The summed E-state index contributed by atoms with van der Waals surface area (Å²) in [7, 11) is -2.87. The van der Waals surface area contributed by atoms with E-state index in [1.54, 1.807) is 0 Å². The molecule has 0 amide bonds. The Hall–Kier alpha value is -0.130. The van der Waals surface area contributed by atoms with Crippen LogP contribution in [0.25, 0.3) is 0 Å². The van der Waals surface area contributed by atoms with Crippen molar-refractivity contribution in [2.45, 2.75) is 32.3 Å². The first-order valence-electron chi connectivity index (χ1n) is 4.85. The first-order chi connectivity index (χ1) is 6.33. The highest BCUT2D eigenvalue weighted by atomic mass is 32.2. The fourth-order valence-electron chi connectivity index (χ4n) is 0.945. The van der Waals surface area contributed by atoms with E-state index in [0.29, 0.717) is 19.6 Å². The molecular formula is C9H21NO3S. The molecule has 14 heavy (non-hydrogen) atoms. The third-order valence-corrected chi connectivity index (χ3v) is 3.32. The number of sulfone groups is 1. The number of nitrogens with two attached hydrogens (primary N) is 1. The van der Waals surface area contributed by atoms with E-state index in [0.717, 1.165) is 6.42 Å². The summed E-state index contributed by atoms with van der Waals surface area (Å²) in [5.74, 6) is 0.178. The zero-order chi connectivity index (χ0) is 11.2. The predicted octanol–water partition coefficient (Wildman–Crippen LogP) is 0.565. The van der Waals surface area contributed by atoms with Crippen LogP contribution in [0.2, 0.25) is 0 Å². The molecule has 2 N–H and O–H groups in total. The van der Waals surface area contributed by atoms with Gasteiger partial charge in [-0.05, 0) is 19.8 Å². The summed E-state index contributed by atoms with van der Waals surface area (Å²) >= 11 is 0. The van der Waals surface area contributed by atoms with Crippen LogP contribution in [-0.2, 0) is 14.6 Å². The average molecular weight is 223 g/mol. The molecule has 0 saturated heterocycles. The van der Waals surface area contributed by atoms with Gasteiger partial charge in [-0.25, -0.2) is 8.42 Å². The molecule has 0 fully saturated rings. The lowest BCUT2D eigenvalue weighted by Crippen LogP contribution is -2.37. The van der Waals surface area contributed by atoms with Crippen molar-refractivity contribution in [3.8, 4) is 0 Å². The van der Waals surface area contributed by atoms with E-state index in [2.05, 4.69) is 0 Å². The molecule has 0 saturated carbocycles. The highest BCUT2D eigenvalue weighted by molar-refractivity contribution is 7.90. The van der Waals surface area contributed by atoms with Gasteiger partial charge in [0.15, 0.2) is 0 Å². The largest absolute Gasteiger partial charge is 0.374 e. The lowest BCUT2D eigenvalue weighted by Gasteiger charge is -2.26. The molecule has 0 aromatic heterocycles. The lowest BCUT2D eigenvalue weighted by molar-refractivity contribution is -0.0267. The molecule has 0 aliphatic carbocycles. The Morgan fingerprint density at radius 1 is 1.43 bits per heavy atom. The summed E-state index contributed by atoms with van der Waals surface area (Å²) in [6.45, 7) is 4.86. The summed E-state index contributed by atoms with van der Waals surface area (Å²) in [4.78, 5) is 0. The Labute approximate surface area is 86.7 Å². The van der Waals surface area contributed by atoms with Gasteiger partial charge in [0.1, 0.15) is 9.84 Å². The molecule has 0 aliphatic heterocycles. The maximum absolute atomic E-state index is 10.8. The van der Waals surface area contributed by atoms with E-state index in [1.807, 2.05) is 13.8 Å². The second-order valence-electron chi connectivity index (χ2n) is 3.84. The summed E-state index contributed by atoms with van der Waals surface area (Å²) in [6.07, 6.45) is 2.60. The summed E-state index contributed by atoms with van der Waals surface area (Å²) < 4.78 is 27.2. The molecule has 0 spiro atoms. The van der Waals surface area contributed by atoms with Gasteiger partial charge in [-0.3, -0.25) is 0 Å². The Morgan fingerprint density at radius 2 is 2.00 bits per heavy atom. The molecule has 0 aromatic carbocycles. The van der Waals surface area contributed by atoms with Crippen molar-refractivity contribution in [2.75, 3.05) is 25.2 Å². The van der Waals surface area contributed by atoms with Crippen LogP contribution in [0.1, 0.15) is 26.7 Å². The van der Waals surface area contributed by atoms with Gasteiger partial charge in [-0.15, -0.1) is 0 Å². The molecule has 0 aromatic rings. The number of hydrogen-bond donors (Lipinski definition) is 1. The van der Waals surface area contributed by atoms with E-state index < -0.39 is 9.84 Å². The van der Waals surface area contributed by atoms with Crippen LogP contribution >= 0.6 is 0 Å². The van der Waals surface area contributed by atoms with E-state index in [9.17, 15) is 8.42 Å². The molecule has 5 heteroatoms. The smallest absolute Gasteiger partial charge is 0.147 e. The highest BCUT2D eigenvalue weighted by Crippen LogP contribution is 2.13. The summed E-state index contributed by atoms with van der Waals surface area (Å²) in [5, 5.41) is 0. The first kappa shape index (κ1) is 13.9. The molecule has 1 unspecified atom stereocenters. The molecular weight excluding hydrogens is 202 g/mol. The fourth-order valence-corrected chi connectivity index (χ4v) is 1.59. The Morgan fingerprint density at radius 3 is 2.36 bits per heavy atom. The second-order valence-corrected chi connectivity index (χ2v) is 6.10. The number of rotatable bonds is 7. The fraction of sp³-hybridized carbons (Fsp3) is 1.00. The Bertz CT molecular complexity index is 245. The third-order valence-electron chi connectivity index (χ3n) is 2.29. The average Bonchev–Trinajstić information content (AvgIpc) is 2.11. The van der Waals surface area contributed by atoms with Gasteiger partial charge in [0, 0.05) is 19.4 Å². The highest BCUT2D eigenvalue weighted by Gasteiger charge is 2.20. The predicted molar refractivity (Wildman–Crippen MR) is 58.0 cm³/mol. The Kier molecular flexibility index (Phi) is 5.63. The van der Waals surface area contributed by atoms with Gasteiger partial charge in [-0.1, -0.05) is 6.92 Å². The van der Waals surface area contributed by atoms with Crippen LogP contribution in [0.5, 0.6) is 0 Å². The van der Waals surface area contributed by atoms with Gasteiger partial charge in [-0.2, -0.15) is 0 Å². The third kappa shape index (κ3) is 6.34. The molecule has 1 atom stereocenters. The van der Waals surface area contributed by atoms with Gasteiger partial charge in [0.25, 0.3) is 0 Å². The van der Waals surface area contributed by atoms with Crippen molar-refractivity contribution >= 4 is 9.84 Å². The van der Waals surface area contributed by atoms with Crippen LogP contribution in [-0.4, -0.2) is 39.2 Å². The number of ether oxygens (including phenoxy) is 1. The zero-order valence-corrected chi connectivity index (χ0v) is 10.1. The van der Waals surface area contributed by atoms with Gasteiger partial charge in [0.2, 0.25) is 0 Å². The van der Waals surface area contributed by atoms with Gasteiger partial charge in [0.05, 0.1) is 11.4 Å². The molecule has 4 nitrogen and oxygen atoms in total. The van der Waals surface area contributed by atoms with E-state index in [1.165, 1.54) is 6.26 Å².